The summed E-state index contributed by atoms with van der Waals surface area (Å²) in [5, 5.41) is 8.77. The summed E-state index contributed by atoms with van der Waals surface area (Å²) in [4.78, 5) is 0.159. The van der Waals surface area contributed by atoms with Gasteiger partial charge >= 0.3 is 0 Å². The van der Waals surface area contributed by atoms with Crippen LogP contribution in [0.5, 0.6) is 0 Å². The van der Waals surface area contributed by atoms with Gasteiger partial charge in [0.2, 0.25) is 10.0 Å². The number of rotatable bonds is 5. The van der Waals surface area contributed by atoms with Gasteiger partial charge in [-0.05, 0) is 38.0 Å². The average molecular weight is 295 g/mol. The van der Waals surface area contributed by atoms with Gasteiger partial charge in [0, 0.05) is 11.6 Å². The fourth-order valence-corrected chi connectivity index (χ4v) is 3.35. The van der Waals surface area contributed by atoms with Gasteiger partial charge in [-0.25, -0.2) is 13.1 Å². The second-order valence-corrected chi connectivity index (χ2v) is 6.45. The van der Waals surface area contributed by atoms with E-state index in [0.717, 1.165) is 18.4 Å². The van der Waals surface area contributed by atoms with Crippen LogP contribution in [-0.4, -0.2) is 26.2 Å². The minimum absolute atomic E-state index is 0.120. The van der Waals surface area contributed by atoms with Gasteiger partial charge in [-0.2, -0.15) is 0 Å². The lowest BCUT2D eigenvalue weighted by molar-refractivity contribution is 0.350. The maximum Gasteiger partial charge on any atom is 0.242 e. The number of aliphatic hydroxyl groups excluding tert-OH is 1. The van der Waals surface area contributed by atoms with E-state index in [1.807, 2.05) is 20.8 Å². The molecule has 1 aromatic carbocycles. The number of nitrogens with one attached hydrogen (secondary N) is 1. The molecule has 0 aliphatic heterocycles. The Hall–Kier alpha value is -1.35. The predicted molar refractivity (Wildman–Crippen MR) is 79.8 cm³/mol. The molecule has 0 fully saturated rings. The zero-order chi connectivity index (χ0) is 15.2. The Kier molecular flexibility index (Phi) is 6.21. The van der Waals surface area contributed by atoms with Crippen molar-refractivity contribution in [1.82, 2.24) is 4.72 Å². The minimum atomic E-state index is -3.59. The van der Waals surface area contributed by atoms with Gasteiger partial charge in [0.15, 0.2) is 0 Å². The van der Waals surface area contributed by atoms with Crippen LogP contribution in [0.2, 0.25) is 0 Å². The Balaban J connectivity index is 3.17. The topological polar surface area (TPSA) is 66.4 Å². The van der Waals surface area contributed by atoms with E-state index >= 15 is 0 Å². The molecule has 0 radical (unpaired) electrons. The van der Waals surface area contributed by atoms with Crippen LogP contribution in [0.15, 0.2) is 23.1 Å². The molecular weight excluding hydrogens is 274 g/mol. The molecule has 1 atom stereocenters. The van der Waals surface area contributed by atoms with Crippen molar-refractivity contribution in [1.29, 1.82) is 0 Å². The van der Waals surface area contributed by atoms with E-state index in [0.29, 0.717) is 5.56 Å². The Morgan fingerprint density at radius 1 is 1.40 bits per heavy atom. The summed E-state index contributed by atoms with van der Waals surface area (Å²) in [7, 11) is -3.59. The van der Waals surface area contributed by atoms with Crippen molar-refractivity contribution in [3.05, 3.63) is 29.3 Å². The van der Waals surface area contributed by atoms with Crippen molar-refractivity contribution >= 4 is 10.0 Å². The predicted octanol–water partition coefficient (Wildman–Crippen LogP) is 1.81. The average Bonchev–Trinajstić information content (AvgIpc) is 2.35. The van der Waals surface area contributed by atoms with Gasteiger partial charge in [0.1, 0.15) is 6.61 Å². The van der Waals surface area contributed by atoms with Crippen molar-refractivity contribution in [2.45, 2.75) is 44.6 Å². The molecule has 0 amide bonds. The van der Waals surface area contributed by atoms with Gasteiger partial charge in [-0.1, -0.05) is 31.3 Å². The molecule has 1 unspecified atom stereocenters. The van der Waals surface area contributed by atoms with Crippen LogP contribution in [0, 0.1) is 18.8 Å². The lowest BCUT2D eigenvalue weighted by Crippen LogP contribution is -2.32. The molecule has 5 heteroatoms. The van der Waals surface area contributed by atoms with Gasteiger partial charge < -0.3 is 5.11 Å². The highest BCUT2D eigenvalue weighted by atomic mass is 32.2. The molecule has 1 aromatic rings. The first kappa shape index (κ1) is 16.7. The Morgan fingerprint density at radius 2 is 2.10 bits per heavy atom. The smallest absolute Gasteiger partial charge is 0.242 e. The molecule has 0 aromatic heterocycles. The van der Waals surface area contributed by atoms with E-state index in [9.17, 15) is 8.42 Å². The molecule has 0 aliphatic rings. The maximum absolute atomic E-state index is 12.4. The van der Waals surface area contributed by atoms with Crippen LogP contribution in [-0.2, 0) is 10.0 Å². The number of hydrogen-bond donors (Lipinski definition) is 2. The normalized spacial score (nSPS) is 12.6. The summed E-state index contributed by atoms with van der Waals surface area (Å²) in [6.45, 7) is 5.42. The van der Waals surface area contributed by atoms with Crippen molar-refractivity contribution in [3.8, 4) is 11.8 Å². The third kappa shape index (κ3) is 4.64. The van der Waals surface area contributed by atoms with Crippen LogP contribution in [0.25, 0.3) is 0 Å². The number of hydrogen-bond acceptors (Lipinski definition) is 3. The number of aryl methyl sites for hydroxylation is 1. The van der Waals surface area contributed by atoms with E-state index in [-0.39, 0.29) is 17.5 Å². The molecular formula is C15H21NO3S. The molecule has 0 spiro atoms. The highest BCUT2D eigenvalue weighted by Gasteiger charge is 2.20. The lowest BCUT2D eigenvalue weighted by atomic mass is 10.1. The monoisotopic (exact) mass is 295 g/mol. The SMILES string of the molecule is CCCC(C)NS(=O)(=O)c1ccc(C)cc1C#CCO. The zero-order valence-corrected chi connectivity index (χ0v) is 12.9. The standard InChI is InChI=1S/C15H21NO3S/c1-4-6-13(3)16-20(18,19)15-9-8-12(2)11-14(15)7-5-10-17/h8-9,11,13,16-17H,4,6,10H2,1-3H3. The zero-order valence-electron chi connectivity index (χ0n) is 12.1. The van der Waals surface area contributed by atoms with Crippen LogP contribution in [0.3, 0.4) is 0 Å². The highest BCUT2D eigenvalue weighted by molar-refractivity contribution is 7.89. The molecule has 0 saturated carbocycles. The van der Waals surface area contributed by atoms with Gasteiger partial charge in [0.25, 0.3) is 0 Å². The summed E-state index contributed by atoms with van der Waals surface area (Å²) in [6, 6.07) is 4.88. The number of sulfonamides is 1. The summed E-state index contributed by atoms with van der Waals surface area (Å²) >= 11 is 0. The van der Waals surface area contributed by atoms with Crippen LogP contribution in [0.4, 0.5) is 0 Å². The summed E-state index contributed by atoms with van der Waals surface area (Å²) in [6.07, 6.45) is 1.69. The molecule has 4 nitrogen and oxygen atoms in total. The summed E-state index contributed by atoms with van der Waals surface area (Å²) < 4.78 is 27.4. The van der Waals surface area contributed by atoms with E-state index in [4.69, 9.17) is 5.11 Å². The molecule has 0 saturated heterocycles. The maximum atomic E-state index is 12.4. The Bertz CT molecular complexity index is 612. The molecule has 2 N–H and O–H groups in total. The molecule has 0 bridgehead atoms. The highest BCUT2D eigenvalue weighted by Crippen LogP contribution is 2.17. The van der Waals surface area contributed by atoms with Crippen molar-refractivity contribution in [2.75, 3.05) is 6.61 Å². The Morgan fingerprint density at radius 3 is 2.70 bits per heavy atom. The first-order valence-electron chi connectivity index (χ1n) is 6.63. The van der Waals surface area contributed by atoms with Crippen molar-refractivity contribution in [3.63, 3.8) is 0 Å². The van der Waals surface area contributed by atoms with Crippen LogP contribution in [0.1, 0.15) is 37.8 Å². The quantitative estimate of drug-likeness (QED) is 0.814. The first-order valence-corrected chi connectivity index (χ1v) is 8.11. The molecule has 110 valence electrons. The van der Waals surface area contributed by atoms with E-state index < -0.39 is 10.0 Å². The fourth-order valence-electron chi connectivity index (χ4n) is 1.93. The minimum Gasteiger partial charge on any atom is -0.384 e. The van der Waals surface area contributed by atoms with Gasteiger partial charge in [0.05, 0.1) is 4.90 Å². The van der Waals surface area contributed by atoms with Crippen LogP contribution >= 0.6 is 0 Å². The fraction of sp³-hybridized carbons (Fsp3) is 0.467. The van der Waals surface area contributed by atoms with Gasteiger partial charge in [-0.3, -0.25) is 0 Å². The van der Waals surface area contributed by atoms with Crippen molar-refractivity contribution in [2.24, 2.45) is 0 Å². The number of benzene rings is 1. The van der Waals surface area contributed by atoms with E-state index in [2.05, 4.69) is 16.6 Å². The molecule has 0 heterocycles. The van der Waals surface area contributed by atoms with Gasteiger partial charge in [-0.15, -0.1) is 0 Å². The Labute approximate surface area is 121 Å². The van der Waals surface area contributed by atoms with Crippen LogP contribution < -0.4 is 4.72 Å². The molecule has 0 aliphatic carbocycles. The van der Waals surface area contributed by atoms with E-state index in [1.54, 1.807) is 18.2 Å². The second kappa shape index (κ2) is 7.44. The summed E-state index contributed by atoms with van der Waals surface area (Å²) in [5.41, 5.74) is 1.34. The molecule has 1 rings (SSSR count). The summed E-state index contributed by atoms with van der Waals surface area (Å²) in [5.74, 6) is 5.19. The molecule has 20 heavy (non-hydrogen) atoms. The van der Waals surface area contributed by atoms with Crippen molar-refractivity contribution < 1.29 is 13.5 Å². The third-order valence-electron chi connectivity index (χ3n) is 2.80. The first-order chi connectivity index (χ1) is 9.40. The lowest BCUT2D eigenvalue weighted by Gasteiger charge is -2.14. The second-order valence-electron chi connectivity index (χ2n) is 4.77. The number of aliphatic hydroxyl groups is 1. The largest absolute Gasteiger partial charge is 0.384 e. The van der Waals surface area contributed by atoms with E-state index in [1.165, 1.54) is 0 Å². The third-order valence-corrected chi connectivity index (χ3v) is 4.45.